The molecule has 110 valence electrons. The van der Waals surface area contributed by atoms with Crippen LogP contribution in [0.1, 0.15) is 17.0 Å². The highest BCUT2D eigenvalue weighted by molar-refractivity contribution is 14.1. The highest BCUT2D eigenvalue weighted by Gasteiger charge is 2.27. The van der Waals surface area contributed by atoms with E-state index in [-0.39, 0.29) is 12.3 Å². The molecule has 0 aliphatic rings. The van der Waals surface area contributed by atoms with E-state index in [0.29, 0.717) is 17.0 Å². The number of hydrogen-bond acceptors (Lipinski definition) is 5. The number of hydrogen-bond donors (Lipinski definition) is 1. The Morgan fingerprint density at radius 1 is 1.43 bits per heavy atom. The molecule has 1 unspecified atom stereocenters. The monoisotopic (exact) mass is 400 g/mol. The van der Waals surface area contributed by atoms with Crippen molar-refractivity contribution in [2.45, 2.75) is 5.92 Å². The van der Waals surface area contributed by atoms with E-state index in [9.17, 15) is 15.2 Å². The third kappa shape index (κ3) is 3.13. The molecule has 6 nitrogen and oxygen atoms in total. The summed E-state index contributed by atoms with van der Waals surface area (Å²) in [6.07, 6.45) is 1.60. The predicted octanol–water partition coefficient (Wildman–Crippen LogP) is 2.73. The minimum absolute atomic E-state index is 0.0294. The van der Waals surface area contributed by atoms with Gasteiger partial charge in [-0.2, -0.15) is 0 Å². The number of aromatic nitrogens is 1. The van der Waals surface area contributed by atoms with E-state index in [1.165, 1.54) is 13.2 Å². The van der Waals surface area contributed by atoms with Gasteiger partial charge in [0.15, 0.2) is 0 Å². The zero-order valence-electron chi connectivity index (χ0n) is 11.2. The summed E-state index contributed by atoms with van der Waals surface area (Å²) in [5.41, 5.74) is 1.06. The highest BCUT2D eigenvalue weighted by atomic mass is 127. The van der Waals surface area contributed by atoms with Gasteiger partial charge in [-0.05, 0) is 28.7 Å². The second-order valence-corrected chi connectivity index (χ2v) is 5.43. The molecule has 2 rings (SSSR count). The Kier molecular flexibility index (Phi) is 5.07. The molecule has 1 N–H and O–H groups in total. The first kappa shape index (κ1) is 15.6. The maximum Gasteiger partial charge on any atom is 0.273 e. The molecule has 0 bridgehead atoms. The summed E-state index contributed by atoms with van der Waals surface area (Å²) < 4.78 is 6.06. The van der Waals surface area contributed by atoms with Crippen LogP contribution >= 0.6 is 22.6 Å². The number of para-hydroxylation sites is 1. The molecule has 1 aromatic heterocycles. The van der Waals surface area contributed by atoms with Crippen molar-refractivity contribution in [3.63, 3.8) is 0 Å². The van der Waals surface area contributed by atoms with E-state index in [4.69, 9.17) is 4.74 Å². The van der Waals surface area contributed by atoms with Crippen LogP contribution in [0, 0.1) is 13.7 Å². The van der Waals surface area contributed by atoms with Gasteiger partial charge in [0, 0.05) is 32.9 Å². The molecule has 1 atom stereocenters. The minimum atomic E-state index is -0.567. The summed E-state index contributed by atoms with van der Waals surface area (Å²) in [6.45, 7) is -0.275. The molecular weight excluding hydrogens is 387 g/mol. The third-order valence-corrected chi connectivity index (χ3v) is 4.07. The van der Waals surface area contributed by atoms with E-state index in [0.717, 1.165) is 3.57 Å². The Labute approximate surface area is 135 Å². The molecule has 0 spiro atoms. The van der Waals surface area contributed by atoms with Crippen molar-refractivity contribution in [3.8, 4) is 5.88 Å². The topological polar surface area (TPSA) is 85.5 Å². The largest absolute Gasteiger partial charge is 0.481 e. The molecule has 0 saturated carbocycles. The number of pyridine rings is 1. The van der Waals surface area contributed by atoms with Crippen molar-refractivity contribution in [2.24, 2.45) is 0 Å². The van der Waals surface area contributed by atoms with Gasteiger partial charge in [-0.25, -0.2) is 4.98 Å². The maximum absolute atomic E-state index is 11.2. The number of halogens is 1. The van der Waals surface area contributed by atoms with E-state index in [1.54, 1.807) is 30.5 Å². The van der Waals surface area contributed by atoms with Gasteiger partial charge in [0.1, 0.15) is 0 Å². The summed E-state index contributed by atoms with van der Waals surface area (Å²) in [5, 5.41) is 21.0. The molecule has 21 heavy (non-hydrogen) atoms. The predicted molar refractivity (Wildman–Crippen MR) is 85.5 cm³/mol. The van der Waals surface area contributed by atoms with Crippen LogP contribution in [0.2, 0.25) is 0 Å². The van der Waals surface area contributed by atoms with Crippen LogP contribution in [0.3, 0.4) is 0 Å². The first-order valence-corrected chi connectivity index (χ1v) is 7.20. The number of benzene rings is 1. The summed E-state index contributed by atoms with van der Waals surface area (Å²) in [5.74, 6) is -0.207. The van der Waals surface area contributed by atoms with Gasteiger partial charge in [-0.15, -0.1) is 0 Å². The quantitative estimate of drug-likeness (QED) is 0.474. The van der Waals surface area contributed by atoms with Gasteiger partial charge in [0.25, 0.3) is 5.69 Å². The number of nitrogens with zero attached hydrogens (tertiary/aromatic N) is 2. The number of methoxy groups -OCH3 is 1. The smallest absolute Gasteiger partial charge is 0.273 e. The minimum Gasteiger partial charge on any atom is -0.481 e. The molecule has 0 radical (unpaired) electrons. The van der Waals surface area contributed by atoms with Crippen molar-refractivity contribution < 1.29 is 14.8 Å². The normalized spacial score (nSPS) is 12.0. The fraction of sp³-hybridized carbons (Fsp3) is 0.214. The molecule has 7 heteroatoms. The third-order valence-electron chi connectivity index (χ3n) is 3.13. The highest BCUT2D eigenvalue weighted by Crippen LogP contribution is 2.37. The van der Waals surface area contributed by atoms with Crippen molar-refractivity contribution in [3.05, 3.63) is 61.3 Å². The van der Waals surface area contributed by atoms with Crippen molar-refractivity contribution >= 4 is 28.3 Å². The van der Waals surface area contributed by atoms with Crippen LogP contribution < -0.4 is 4.74 Å². The lowest BCUT2D eigenvalue weighted by Crippen LogP contribution is -2.12. The van der Waals surface area contributed by atoms with Crippen LogP contribution in [-0.2, 0) is 0 Å². The van der Waals surface area contributed by atoms with Gasteiger partial charge < -0.3 is 9.84 Å². The SMILES string of the molecule is COc1nccc(I)c1C(CO)c1ccccc1[N+](=O)[O-]. The van der Waals surface area contributed by atoms with E-state index < -0.39 is 10.8 Å². The summed E-state index contributed by atoms with van der Waals surface area (Å²) >= 11 is 2.10. The Balaban J connectivity index is 2.64. The standard InChI is InChI=1S/C14H13IN2O4/c1-21-14-13(11(15)6-7-16-14)10(8-18)9-4-2-3-5-12(9)17(19)20/h2-7,10,18H,8H2,1H3. The number of aliphatic hydroxyl groups excluding tert-OH is 1. The Morgan fingerprint density at radius 3 is 2.76 bits per heavy atom. The van der Waals surface area contributed by atoms with Crippen molar-refractivity contribution in [1.82, 2.24) is 4.98 Å². The zero-order chi connectivity index (χ0) is 15.4. The number of nitro groups is 1. The van der Waals surface area contributed by atoms with E-state index >= 15 is 0 Å². The van der Waals surface area contributed by atoms with E-state index in [1.807, 2.05) is 0 Å². The fourth-order valence-corrected chi connectivity index (χ4v) is 2.97. The molecule has 1 aromatic carbocycles. The first-order chi connectivity index (χ1) is 10.1. The number of rotatable bonds is 5. The summed E-state index contributed by atoms with van der Waals surface area (Å²) in [4.78, 5) is 14.9. The Hall–Kier alpha value is -1.74. The summed E-state index contributed by atoms with van der Waals surface area (Å²) in [6, 6.07) is 8.15. The number of nitro benzene ring substituents is 1. The van der Waals surface area contributed by atoms with Gasteiger partial charge in [0.2, 0.25) is 5.88 Å². The zero-order valence-corrected chi connectivity index (χ0v) is 13.4. The van der Waals surface area contributed by atoms with Crippen LogP contribution in [0.25, 0.3) is 0 Å². The van der Waals surface area contributed by atoms with Gasteiger partial charge in [0.05, 0.1) is 18.6 Å². The average molecular weight is 400 g/mol. The molecular formula is C14H13IN2O4. The lowest BCUT2D eigenvalue weighted by molar-refractivity contribution is -0.385. The molecule has 0 aliphatic carbocycles. The van der Waals surface area contributed by atoms with Gasteiger partial charge in [-0.1, -0.05) is 18.2 Å². The second kappa shape index (κ2) is 6.81. The fourth-order valence-electron chi connectivity index (χ4n) is 2.20. The Morgan fingerprint density at radius 2 is 2.14 bits per heavy atom. The van der Waals surface area contributed by atoms with Crippen molar-refractivity contribution in [2.75, 3.05) is 13.7 Å². The molecule has 0 amide bonds. The first-order valence-electron chi connectivity index (χ1n) is 6.12. The molecule has 0 aliphatic heterocycles. The number of aliphatic hydroxyl groups is 1. The lowest BCUT2D eigenvalue weighted by Gasteiger charge is -2.18. The number of ether oxygens (including phenoxy) is 1. The molecule has 2 aromatic rings. The van der Waals surface area contributed by atoms with Crippen LogP contribution in [-0.4, -0.2) is 28.7 Å². The Bertz CT molecular complexity index is 663. The molecule has 0 fully saturated rings. The second-order valence-electron chi connectivity index (χ2n) is 4.27. The molecule has 0 saturated heterocycles. The average Bonchev–Trinajstić information content (AvgIpc) is 2.49. The van der Waals surface area contributed by atoms with Crippen LogP contribution in [0.15, 0.2) is 36.5 Å². The van der Waals surface area contributed by atoms with Gasteiger partial charge in [-0.3, -0.25) is 10.1 Å². The lowest BCUT2D eigenvalue weighted by atomic mass is 9.91. The van der Waals surface area contributed by atoms with E-state index in [2.05, 4.69) is 27.6 Å². The van der Waals surface area contributed by atoms with Gasteiger partial charge >= 0.3 is 0 Å². The molecule has 1 heterocycles. The van der Waals surface area contributed by atoms with Crippen LogP contribution in [0.4, 0.5) is 5.69 Å². The van der Waals surface area contributed by atoms with Crippen molar-refractivity contribution in [1.29, 1.82) is 0 Å². The maximum atomic E-state index is 11.2. The van der Waals surface area contributed by atoms with Crippen LogP contribution in [0.5, 0.6) is 5.88 Å². The summed E-state index contributed by atoms with van der Waals surface area (Å²) in [7, 11) is 1.48.